The van der Waals surface area contributed by atoms with Gasteiger partial charge in [-0.2, -0.15) is 0 Å². The summed E-state index contributed by atoms with van der Waals surface area (Å²) in [7, 11) is 1.90. The molecule has 2 aliphatic carbocycles. The number of hydrogen-bond acceptors (Lipinski definition) is 4. The average Bonchev–Trinajstić information content (AvgIpc) is 2.57. The van der Waals surface area contributed by atoms with Crippen molar-refractivity contribution in [2.24, 2.45) is 5.41 Å². The summed E-state index contributed by atoms with van der Waals surface area (Å²) in [4.78, 5) is 28.2. The number of amides is 2. The first-order valence-electron chi connectivity index (χ1n) is 9.49. The summed E-state index contributed by atoms with van der Waals surface area (Å²) in [5, 5.41) is 2.56. The lowest BCUT2D eigenvalue weighted by atomic mass is 9.50. The molecule has 2 fully saturated rings. The fourth-order valence-electron chi connectivity index (χ4n) is 4.65. The number of carbonyl (C=O) groups is 2. The molecule has 1 heterocycles. The Kier molecular flexibility index (Phi) is 4.73. The highest BCUT2D eigenvalue weighted by Crippen LogP contribution is 2.59. The Hall–Kier alpha value is -1.53. The summed E-state index contributed by atoms with van der Waals surface area (Å²) < 4.78 is 5.90. The number of fused-ring (bicyclic) bond motifs is 1. The highest BCUT2D eigenvalue weighted by Gasteiger charge is 2.60. The molecule has 2 saturated carbocycles. The Morgan fingerprint density at radius 3 is 2.85 bits per heavy atom. The average molecular weight is 375 g/mol. The lowest BCUT2D eigenvalue weighted by Gasteiger charge is -2.63. The summed E-state index contributed by atoms with van der Waals surface area (Å²) in [5.41, 5.74) is 1.00. The highest BCUT2D eigenvalue weighted by molar-refractivity contribution is 8.01. The van der Waals surface area contributed by atoms with Gasteiger partial charge in [-0.05, 0) is 38.3 Å². The number of benzene rings is 1. The Bertz CT molecular complexity index is 719. The molecule has 0 bridgehead atoms. The SMILES string of the molecule is CCOC1CC(N(C)C(=O)CC2Sc3ccccc3NC2=O)C12CCC2. The van der Waals surface area contributed by atoms with Crippen LogP contribution in [0.15, 0.2) is 29.2 Å². The fraction of sp³-hybridized carbons (Fsp3) is 0.600. The number of carbonyl (C=O) groups excluding carboxylic acids is 2. The first-order valence-corrected chi connectivity index (χ1v) is 10.4. The first kappa shape index (κ1) is 17.9. The van der Waals surface area contributed by atoms with E-state index in [4.69, 9.17) is 4.74 Å². The predicted molar refractivity (Wildman–Crippen MR) is 102 cm³/mol. The lowest BCUT2D eigenvalue weighted by molar-refractivity contribution is -0.202. The summed E-state index contributed by atoms with van der Waals surface area (Å²) >= 11 is 1.49. The normalized spacial score (nSPS) is 28.5. The van der Waals surface area contributed by atoms with Gasteiger partial charge in [-0.15, -0.1) is 11.8 Å². The largest absolute Gasteiger partial charge is 0.378 e. The molecule has 26 heavy (non-hydrogen) atoms. The van der Waals surface area contributed by atoms with Gasteiger partial charge in [0.25, 0.3) is 0 Å². The van der Waals surface area contributed by atoms with Gasteiger partial charge in [-0.3, -0.25) is 9.59 Å². The van der Waals surface area contributed by atoms with Gasteiger partial charge in [0, 0.05) is 36.4 Å². The molecule has 3 aliphatic rings. The maximum atomic E-state index is 12.9. The van der Waals surface area contributed by atoms with E-state index in [1.807, 2.05) is 43.1 Å². The molecule has 0 radical (unpaired) electrons. The number of anilines is 1. The van der Waals surface area contributed by atoms with Crippen LogP contribution in [0.5, 0.6) is 0 Å². The van der Waals surface area contributed by atoms with Gasteiger partial charge in [-0.25, -0.2) is 0 Å². The van der Waals surface area contributed by atoms with E-state index in [1.165, 1.54) is 18.2 Å². The Balaban J connectivity index is 1.40. The Labute approximate surface area is 158 Å². The van der Waals surface area contributed by atoms with Crippen molar-refractivity contribution in [3.05, 3.63) is 24.3 Å². The highest BCUT2D eigenvalue weighted by atomic mass is 32.2. The summed E-state index contributed by atoms with van der Waals surface area (Å²) in [6.45, 7) is 2.76. The smallest absolute Gasteiger partial charge is 0.238 e. The van der Waals surface area contributed by atoms with Crippen molar-refractivity contribution in [3.63, 3.8) is 0 Å². The summed E-state index contributed by atoms with van der Waals surface area (Å²) in [6, 6.07) is 8.00. The topological polar surface area (TPSA) is 58.6 Å². The van der Waals surface area contributed by atoms with E-state index in [2.05, 4.69) is 5.32 Å². The van der Waals surface area contributed by atoms with Crippen molar-refractivity contribution < 1.29 is 14.3 Å². The van der Waals surface area contributed by atoms with E-state index >= 15 is 0 Å². The number of nitrogens with one attached hydrogen (secondary N) is 1. The van der Waals surface area contributed by atoms with E-state index in [9.17, 15) is 9.59 Å². The van der Waals surface area contributed by atoms with Crippen LogP contribution in [-0.2, 0) is 14.3 Å². The van der Waals surface area contributed by atoms with Crippen molar-refractivity contribution in [2.75, 3.05) is 19.0 Å². The van der Waals surface area contributed by atoms with Crippen LogP contribution in [0.4, 0.5) is 5.69 Å². The number of rotatable bonds is 5. The van der Waals surface area contributed by atoms with Gasteiger partial charge in [0.05, 0.1) is 17.0 Å². The van der Waals surface area contributed by atoms with Crippen molar-refractivity contribution in [3.8, 4) is 0 Å². The molecule has 4 rings (SSSR count). The molecule has 3 unspecified atom stereocenters. The minimum Gasteiger partial charge on any atom is -0.378 e. The predicted octanol–water partition coefficient (Wildman–Crippen LogP) is 3.30. The molecule has 1 aromatic rings. The van der Waals surface area contributed by atoms with E-state index in [-0.39, 0.29) is 34.9 Å². The van der Waals surface area contributed by atoms with Gasteiger partial charge in [-0.1, -0.05) is 18.6 Å². The third kappa shape index (κ3) is 2.83. The van der Waals surface area contributed by atoms with Gasteiger partial charge >= 0.3 is 0 Å². The minimum absolute atomic E-state index is 0.0586. The number of thioether (sulfide) groups is 1. The fourth-order valence-corrected chi connectivity index (χ4v) is 5.75. The third-order valence-electron chi connectivity index (χ3n) is 6.32. The van der Waals surface area contributed by atoms with Crippen LogP contribution in [0, 0.1) is 5.41 Å². The minimum atomic E-state index is -0.361. The number of hydrogen-bond donors (Lipinski definition) is 1. The standard InChI is InChI=1S/C20H26N2O3S/c1-3-25-17-12-16(20(17)9-6-10-20)22(2)18(23)11-15-19(24)21-13-7-4-5-8-14(13)26-15/h4-5,7-8,15-17H,3,6,9-12H2,1-2H3,(H,21,24). The molecule has 1 N–H and O–H groups in total. The van der Waals surface area contributed by atoms with Crippen molar-refractivity contribution in [1.82, 2.24) is 4.90 Å². The second-order valence-corrected chi connectivity index (χ2v) is 8.83. The van der Waals surface area contributed by atoms with Gasteiger partial charge in [0.15, 0.2) is 0 Å². The zero-order valence-electron chi connectivity index (χ0n) is 15.4. The summed E-state index contributed by atoms with van der Waals surface area (Å²) in [5.74, 6) is -0.0159. The zero-order chi connectivity index (χ0) is 18.3. The van der Waals surface area contributed by atoms with Gasteiger partial charge < -0.3 is 15.0 Å². The number of nitrogens with zero attached hydrogens (tertiary/aromatic N) is 1. The Morgan fingerprint density at radius 1 is 1.38 bits per heavy atom. The van der Waals surface area contributed by atoms with Crippen LogP contribution >= 0.6 is 11.8 Å². The molecule has 1 aliphatic heterocycles. The first-order chi connectivity index (χ1) is 12.5. The quantitative estimate of drug-likeness (QED) is 0.859. The van der Waals surface area contributed by atoms with E-state index in [0.717, 1.165) is 36.5 Å². The zero-order valence-corrected chi connectivity index (χ0v) is 16.2. The van der Waals surface area contributed by atoms with Gasteiger partial charge in [0.1, 0.15) is 0 Å². The van der Waals surface area contributed by atoms with Crippen LogP contribution in [0.25, 0.3) is 0 Å². The van der Waals surface area contributed by atoms with Crippen molar-refractivity contribution >= 4 is 29.3 Å². The third-order valence-corrected chi connectivity index (χ3v) is 7.60. The van der Waals surface area contributed by atoms with Gasteiger partial charge in [0.2, 0.25) is 11.8 Å². The summed E-state index contributed by atoms with van der Waals surface area (Å²) in [6.07, 6.45) is 4.97. The molecule has 3 atom stereocenters. The molecule has 1 aromatic carbocycles. The molecule has 140 valence electrons. The number of ether oxygens (including phenoxy) is 1. The van der Waals surface area contributed by atoms with Crippen molar-refractivity contribution in [2.45, 2.75) is 61.3 Å². The van der Waals surface area contributed by atoms with Crippen LogP contribution in [0.3, 0.4) is 0 Å². The molecule has 6 heteroatoms. The van der Waals surface area contributed by atoms with E-state index in [1.54, 1.807) is 0 Å². The molecular weight excluding hydrogens is 348 g/mol. The van der Waals surface area contributed by atoms with Crippen LogP contribution < -0.4 is 5.32 Å². The van der Waals surface area contributed by atoms with Crippen molar-refractivity contribution in [1.29, 1.82) is 0 Å². The monoisotopic (exact) mass is 374 g/mol. The Morgan fingerprint density at radius 2 is 2.15 bits per heavy atom. The molecule has 1 spiro atoms. The molecular formula is C20H26N2O3S. The second-order valence-electron chi connectivity index (χ2n) is 7.58. The number of para-hydroxylation sites is 1. The lowest BCUT2D eigenvalue weighted by Crippen LogP contribution is -2.67. The maximum absolute atomic E-state index is 12.9. The maximum Gasteiger partial charge on any atom is 0.238 e. The van der Waals surface area contributed by atoms with Crippen LogP contribution in [0.1, 0.15) is 39.0 Å². The van der Waals surface area contributed by atoms with E-state index in [0.29, 0.717) is 6.10 Å². The van der Waals surface area contributed by atoms with E-state index < -0.39 is 0 Å². The molecule has 2 amide bonds. The van der Waals surface area contributed by atoms with Crippen LogP contribution in [0.2, 0.25) is 0 Å². The second kappa shape index (κ2) is 6.89. The molecule has 5 nitrogen and oxygen atoms in total. The van der Waals surface area contributed by atoms with Crippen LogP contribution in [-0.4, -0.2) is 47.8 Å². The molecule has 0 aromatic heterocycles. The molecule has 0 saturated heterocycles.